The van der Waals surface area contributed by atoms with Crippen LogP contribution in [0.25, 0.3) is 22.0 Å². The summed E-state index contributed by atoms with van der Waals surface area (Å²) in [4.78, 5) is 8.14. The summed E-state index contributed by atoms with van der Waals surface area (Å²) in [5, 5.41) is 1.31. The Labute approximate surface area is 115 Å². The molecular weight excluding hydrogens is 257 g/mol. The molecule has 0 unspecified atom stereocenters. The number of ether oxygens (including phenoxy) is 1. The molecular formula is C15H12FN3O. The van der Waals surface area contributed by atoms with Gasteiger partial charge in [-0.1, -0.05) is 24.3 Å². The first kappa shape index (κ1) is 12.3. The third-order valence-corrected chi connectivity index (χ3v) is 3.08. The van der Waals surface area contributed by atoms with Crippen LogP contribution in [-0.4, -0.2) is 17.1 Å². The lowest BCUT2D eigenvalue weighted by Gasteiger charge is -2.08. The van der Waals surface area contributed by atoms with E-state index in [-0.39, 0.29) is 11.8 Å². The molecule has 2 N–H and O–H groups in total. The average molecular weight is 269 g/mol. The number of hydrogen-bond donors (Lipinski definition) is 1. The van der Waals surface area contributed by atoms with Crippen LogP contribution < -0.4 is 10.5 Å². The number of fused-ring (bicyclic) bond motifs is 1. The SMILES string of the molecule is COc1cc(-c2ccc(F)c3ccccc23)nc(N)n1. The molecule has 5 heteroatoms. The van der Waals surface area contributed by atoms with E-state index in [1.54, 1.807) is 24.3 Å². The molecule has 0 aliphatic rings. The van der Waals surface area contributed by atoms with E-state index in [0.29, 0.717) is 17.0 Å². The van der Waals surface area contributed by atoms with Gasteiger partial charge in [-0.2, -0.15) is 4.98 Å². The lowest BCUT2D eigenvalue weighted by atomic mass is 10.0. The molecule has 0 bridgehead atoms. The van der Waals surface area contributed by atoms with Gasteiger partial charge in [0.1, 0.15) is 5.82 Å². The molecule has 4 nitrogen and oxygen atoms in total. The van der Waals surface area contributed by atoms with Gasteiger partial charge in [0.05, 0.1) is 12.8 Å². The van der Waals surface area contributed by atoms with Gasteiger partial charge in [-0.15, -0.1) is 0 Å². The van der Waals surface area contributed by atoms with Crippen molar-refractivity contribution in [1.82, 2.24) is 9.97 Å². The number of nitrogen functional groups attached to an aromatic ring is 1. The van der Waals surface area contributed by atoms with Gasteiger partial charge in [0.15, 0.2) is 0 Å². The van der Waals surface area contributed by atoms with Crippen molar-refractivity contribution < 1.29 is 9.13 Å². The Morgan fingerprint density at radius 1 is 1.05 bits per heavy atom. The maximum atomic E-state index is 13.8. The summed E-state index contributed by atoms with van der Waals surface area (Å²) < 4.78 is 18.9. The van der Waals surface area contributed by atoms with E-state index in [0.717, 1.165) is 10.9 Å². The summed E-state index contributed by atoms with van der Waals surface area (Å²) in [5.74, 6) is 0.229. The van der Waals surface area contributed by atoms with Crippen LogP contribution in [0.5, 0.6) is 5.88 Å². The van der Waals surface area contributed by atoms with Crippen LogP contribution >= 0.6 is 0 Å². The molecule has 2 aromatic carbocycles. The van der Waals surface area contributed by atoms with E-state index in [2.05, 4.69) is 9.97 Å². The zero-order chi connectivity index (χ0) is 14.1. The lowest BCUT2D eigenvalue weighted by molar-refractivity contribution is 0.398. The van der Waals surface area contributed by atoms with E-state index >= 15 is 0 Å². The molecule has 0 radical (unpaired) electrons. The fourth-order valence-electron chi connectivity index (χ4n) is 2.17. The molecule has 3 aromatic rings. The minimum absolute atomic E-state index is 0.118. The average Bonchev–Trinajstić information content (AvgIpc) is 2.47. The highest BCUT2D eigenvalue weighted by molar-refractivity contribution is 5.96. The van der Waals surface area contributed by atoms with Gasteiger partial charge in [-0.25, -0.2) is 9.37 Å². The monoisotopic (exact) mass is 269 g/mol. The number of rotatable bonds is 2. The molecule has 20 heavy (non-hydrogen) atoms. The Morgan fingerprint density at radius 3 is 2.55 bits per heavy atom. The van der Waals surface area contributed by atoms with E-state index in [1.165, 1.54) is 13.2 Å². The second-order valence-electron chi connectivity index (χ2n) is 4.29. The summed E-state index contributed by atoms with van der Waals surface area (Å²) in [5.41, 5.74) is 7.06. The molecule has 1 aromatic heterocycles. The number of halogens is 1. The molecule has 0 spiro atoms. The van der Waals surface area contributed by atoms with Gasteiger partial charge in [0, 0.05) is 17.0 Å². The molecule has 0 atom stereocenters. The molecule has 0 saturated carbocycles. The Kier molecular flexibility index (Phi) is 2.95. The molecule has 100 valence electrons. The maximum Gasteiger partial charge on any atom is 0.223 e. The molecule has 3 rings (SSSR count). The van der Waals surface area contributed by atoms with Crippen LogP contribution in [0.2, 0.25) is 0 Å². The highest BCUT2D eigenvalue weighted by atomic mass is 19.1. The third-order valence-electron chi connectivity index (χ3n) is 3.08. The molecule has 1 heterocycles. The third kappa shape index (κ3) is 2.03. The number of nitrogens with zero attached hydrogens (tertiary/aromatic N) is 2. The van der Waals surface area contributed by atoms with Gasteiger partial charge < -0.3 is 10.5 Å². The van der Waals surface area contributed by atoms with E-state index in [9.17, 15) is 4.39 Å². The van der Waals surface area contributed by atoms with Crippen molar-refractivity contribution in [2.24, 2.45) is 0 Å². The Bertz CT molecular complexity index is 789. The first-order valence-corrected chi connectivity index (χ1v) is 6.05. The number of benzene rings is 2. The van der Waals surface area contributed by atoms with Crippen molar-refractivity contribution in [3.05, 3.63) is 48.3 Å². The summed E-state index contributed by atoms with van der Waals surface area (Å²) in [6.45, 7) is 0. The van der Waals surface area contributed by atoms with Crippen molar-refractivity contribution in [1.29, 1.82) is 0 Å². The summed E-state index contributed by atoms with van der Waals surface area (Å²) in [6.07, 6.45) is 0. The van der Waals surface area contributed by atoms with Crippen LogP contribution in [-0.2, 0) is 0 Å². The van der Waals surface area contributed by atoms with Gasteiger partial charge in [-0.3, -0.25) is 0 Å². The number of anilines is 1. The molecule has 0 fully saturated rings. The maximum absolute atomic E-state index is 13.8. The predicted molar refractivity (Wildman–Crippen MR) is 75.9 cm³/mol. The van der Waals surface area contributed by atoms with E-state index in [4.69, 9.17) is 10.5 Å². The van der Waals surface area contributed by atoms with Crippen molar-refractivity contribution >= 4 is 16.7 Å². The van der Waals surface area contributed by atoms with Crippen molar-refractivity contribution in [3.8, 4) is 17.1 Å². The smallest absolute Gasteiger partial charge is 0.223 e. The van der Waals surface area contributed by atoms with Crippen LogP contribution in [0, 0.1) is 5.82 Å². The van der Waals surface area contributed by atoms with Gasteiger partial charge in [0.25, 0.3) is 0 Å². The highest BCUT2D eigenvalue weighted by Gasteiger charge is 2.10. The van der Waals surface area contributed by atoms with E-state index < -0.39 is 0 Å². The van der Waals surface area contributed by atoms with Crippen LogP contribution in [0.1, 0.15) is 0 Å². The summed E-state index contributed by atoms with van der Waals surface area (Å²) in [6, 6.07) is 12.0. The Hall–Kier alpha value is -2.69. The lowest BCUT2D eigenvalue weighted by Crippen LogP contribution is -1.99. The van der Waals surface area contributed by atoms with Crippen LogP contribution in [0.3, 0.4) is 0 Å². The fraction of sp³-hybridized carbons (Fsp3) is 0.0667. The zero-order valence-electron chi connectivity index (χ0n) is 10.8. The highest BCUT2D eigenvalue weighted by Crippen LogP contribution is 2.30. The first-order chi connectivity index (χ1) is 9.69. The number of nitrogens with two attached hydrogens (primary N) is 1. The van der Waals surface area contributed by atoms with Gasteiger partial charge in [0.2, 0.25) is 11.8 Å². The quantitative estimate of drug-likeness (QED) is 0.776. The number of methoxy groups -OCH3 is 1. The van der Waals surface area contributed by atoms with Crippen LogP contribution in [0.15, 0.2) is 42.5 Å². The standard InChI is InChI=1S/C15H12FN3O/c1-20-14-8-13(18-15(17)19-14)11-6-7-12(16)10-5-3-2-4-9(10)11/h2-8H,1H3,(H2,17,18,19). The normalized spacial score (nSPS) is 10.7. The molecule has 0 saturated heterocycles. The minimum Gasteiger partial charge on any atom is -0.481 e. The molecule has 0 amide bonds. The molecule has 0 aliphatic heterocycles. The second-order valence-corrected chi connectivity index (χ2v) is 4.29. The fourth-order valence-corrected chi connectivity index (χ4v) is 2.17. The van der Waals surface area contributed by atoms with Crippen molar-refractivity contribution in [2.75, 3.05) is 12.8 Å². The predicted octanol–water partition coefficient (Wildman–Crippen LogP) is 3.03. The molecule has 0 aliphatic carbocycles. The first-order valence-electron chi connectivity index (χ1n) is 6.05. The van der Waals surface area contributed by atoms with Crippen molar-refractivity contribution in [2.45, 2.75) is 0 Å². The van der Waals surface area contributed by atoms with Gasteiger partial charge >= 0.3 is 0 Å². The summed E-state index contributed by atoms with van der Waals surface area (Å²) in [7, 11) is 1.51. The zero-order valence-corrected chi connectivity index (χ0v) is 10.8. The van der Waals surface area contributed by atoms with E-state index in [1.807, 2.05) is 12.1 Å². The Balaban J connectivity index is 2.30. The minimum atomic E-state index is -0.265. The number of hydrogen-bond acceptors (Lipinski definition) is 4. The number of aromatic nitrogens is 2. The topological polar surface area (TPSA) is 61.0 Å². The largest absolute Gasteiger partial charge is 0.481 e. The Morgan fingerprint density at radius 2 is 1.80 bits per heavy atom. The summed E-state index contributed by atoms with van der Waals surface area (Å²) >= 11 is 0. The second kappa shape index (κ2) is 4.77. The van der Waals surface area contributed by atoms with Gasteiger partial charge in [-0.05, 0) is 17.5 Å². The van der Waals surface area contributed by atoms with Crippen LogP contribution in [0.4, 0.5) is 10.3 Å². The van der Waals surface area contributed by atoms with Crippen molar-refractivity contribution in [3.63, 3.8) is 0 Å².